The highest BCUT2D eigenvalue weighted by molar-refractivity contribution is 6.45. The van der Waals surface area contributed by atoms with E-state index in [1.165, 1.54) is 11.8 Å². The number of hydrogen-bond acceptors (Lipinski definition) is 5. The lowest BCUT2D eigenvalue weighted by Gasteiger charge is -2.37. The summed E-state index contributed by atoms with van der Waals surface area (Å²) in [4.78, 5) is 42.2. The van der Waals surface area contributed by atoms with Crippen LogP contribution in [0.3, 0.4) is 0 Å². The molecule has 2 unspecified atom stereocenters. The number of nitrogens with zero attached hydrogens (tertiary/aromatic N) is 2. The summed E-state index contributed by atoms with van der Waals surface area (Å²) in [5.41, 5.74) is 4.55. The van der Waals surface area contributed by atoms with Gasteiger partial charge in [0.2, 0.25) is 5.91 Å². The van der Waals surface area contributed by atoms with E-state index in [2.05, 4.69) is 5.32 Å². The van der Waals surface area contributed by atoms with Crippen molar-refractivity contribution in [2.24, 2.45) is 0 Å². The summed E-state index contributed by atoms with van der Waals surface area (Å²) in [7, 11) is 0. The second kappa shape index (κ2) is 8.83. The van der Waals surface area contributed by atoms with Crippen LogP contribution in [0.1, 0.15) is 37.5 Å². The summed E-state index contributed by atoms with van der Waals surface area (Å²) < 4.78 is 5.86. The first-order valence-corrected chi connectivity index (χ1v) is 11.1. The summed E-state index contributed by atoms with van der Waals surface area (Å²) in [6.07, 6.45) is -0.134. The molecule has 33 heavy (non-hydrogen) atoms. The largest absolute Gasteiger partial charge is 0.372 e. The van der Waals surface area contributed by atoms with Gasteiger partial charge in [0.15, 0.2) is 0 Å². The van der Waals surface area contributed by atoms with Crippen LogP contribution in [-0.4, -0.2) is 47.9 Å². The minimum atomic E-state index is -0.346. The van der Waals surface area contributed by atoms with E-state index >= 15 is 0 Å². The predicted molar refractivity (Wildman–Crippen MR) is 128 cm³/mol. The molecule has 4 rings (SSSR count). The number of aryl methyl sites for hydroxylation is 2. The molecule has 0 aromatic heterocycles. The van der Waals surface area contributed by atoms with Crippen LogP contribution < -0.4 is 10.2 Å². The summed E-state index contributed by atoms with van der Waals surface area (Å²) in [5, 5.41) is 2.73. The number of benzene rings is 2. The highest BCUT2D eigenvalue weighted by Gasteiger charge is 2.44. The summed E-state index contributed by atoms with van der Waals surface area (Å²) in [6.45, 7) is 10.3. The molecule has 0 saturated carbocycles. The first-order chi connectivity index (χ1) is 15.7. The molecule has 2 aromatic carbocycles. The lowest BCUT2D eigenvalue weighted by atomic mass is 10.0. The summed E-state index contributed by atoms with van der Waals surface area (Å²) >= 11 is 0. The van der Waals surface area contributed by atoms with E-state index in [1.54, 1.807) is 24.3 Å². The van der Waals surface area contributed by atoms with Gasteiger partial charge in [-0.3, -0.25) is 14.4 Å². The zero-order chi connectivity index (χ0) is 23.9. The maximum absolute atomic E-state index is 13.8. The fraction of sp³-hybridized carbons (Fsp3) is 0.346. The maximum Gasteiger partial charge on any atom is 0.282 e. The Labute approximate surface area is 194 Å². The number of amides is 3. The Morgan fingerprint density at radius 2 is 1.61 bits per heavy atom. The van der Waals surface area contributed by atoms with Gasteiger partial charge in [-0.05, 0) is 57.0 Å². The van der Waals surface area contributed by atoms with Gasteiger partial charge in [-0.2, -0.15) is 0 Å². The van der Waals surface area contributed by atoms with Crippen molar-refractivity contribution < 1.29 is 19.1 Å². The normalized spacial score (nSPS) is 21.1. The summed E-state index contributed by atoms with van der Waals surface area (Å²) in [6, 6.07) is 12.7. The van der Waals surface area contributed by atoms with Gasteiger partial charge < -0.3 is 15.0 Å². The number of carbonyl (C=O) groups excluding carboxylic acids is 3. The van der Waals surface area contributed by atoms with Crippen LogP contribution in [0.5, 0.6) is 0 Å². The quantitative estimate of drug-likeness (QED) is 0.724. The van der Waals surface area contributed by atoms with Crippen molar-refractivity contribution in [2.75, 3.05) is 23.3 Å². The highest BCUT2D eigenvalue weighted by atomic mass is 16.5. The molecule has 2 heterocycles. The molecule has 0 bridgehead atoms. The Bertz CT molecular complexity index is 1140. The molecule has 0 spiro atoms. The van der Waals surface area contributed by atoms with Gasteiger partial charge in [-0.1, -0.05) is 29.8 Å². The van der Waals surface area contributed by atoms with Crippen LogP contribution in [0, 0.1) is 13.8 Å². The molecule has 7 nitrogen and oxygen atoms in total. The fourth-order valence-electron chi connectivity index (χ4n) is 4.63. The second-order valence-corrected chi connectivity index (χ2v) is 8.88. The number of nitrogens with one attached hydrogen (secondary N) is 1. The minimum absolute atomic E-state index is 0.0669. The molecule has 2 aromatic rings. The van der Waals surface area contributed by atoms with Gasteiger partial charge in [0.1, 0.15) is 5.70 Å². The van der Waals surface area contributed by atoms with E-state index in [1.807, 2.05) is 50.8 Å². The van der Waals surface area contributed by atoms with Crippen LogP contribution in [-0.2, 0) is 19.1 Å². The Kier molecular flexibility index (Phi) is 6.08. The Balaban J connectivity index is 1.81. The third-order valence-corrected chi connectivity index (χ3v) is 5.88. The molecular weight excluding hydrogens is 418 g/mol. The SMILES string of the molecule is CC(=O)Nc1ccc(C2=C(N3CC(C)OC(C)C3)C(=O)N(c3ccc(C)cc3C)C2=O)cc1. The van der Waals surface area contributed by atoms with Crippen LogP contribution in [0.15, 0.2) is 48.2 Å². The second-order valence-electron chi connectivity index (χ2n) is 8.88. The molecule has 2 aliphatic heterocycles. The van der Waals surface area contributed by atoms with Gasteiger partial charge in [0.05, 0.1) is 23.5 Å². The van der Waals surface area contributed by atoms with Gasteiger partial charge in [-0.25, -0.2) is 4.90 Å². The molecule has 172 valence electrons. The Morgan fingerprint density at radius 1 is 0.970 bits per heavy atom. The molecule has 2 atom stereocenters. The Hall–Kier alpha value is -3.45. The lowest BCUT2D eigenvalue weighted by molar-refractivity contribution is -0.121. The molecule has 1 fully saturated rings. The predicted octanol–water partition coefficient (Wildman–Crippen LogP) is 3.66. The minimum Gasteiger partial charge on any atom is -0.372 e. The monoisotopic (exact) mass is 447 g/mol. The van der Waals surface area contributed by atoms with Gasteiger partial charge in [0.25, 0.3) is 11.8 Å². The highest BCUT2D eigenvalue weighted by Crippen LogP contribution is 2.37. The van der Waals surface area contributed by atoms with Crippen molar-refractivity contribution in [1.29, 1.82) is 0 Å². The van der Waals surface area contributed by atoms with Crippen molar-refractivity contribution in [3.63, 3.8) is 0 Å². The van der Waals surface area contributed by atoms with E-state index < -0.39 is 0 Å². The molecular formula is C26H29N3O4. The van der Waals surface area contributed by atoms with Crippen molar-refractivity contribution in [3.05, 3.63) is 64.9 Å². The number of imide groups is 1. The van der Waals surface area contributed by atoms with Crippen LogP contribution in [0.4, 0.5) is 11.4 Å². The molecule has 1 saturated heterocycles. The third-order valence-electron chi connectivity index (χ3n) is 5.88. The topological polar surface area (TPSA) is 79.0 Å². The van der Waals surface area contributed by atoms with Crippen molar-refractivity contribution in [2.45, 2.75) is 46.8 Å². The number of rotatable bonds is 4. The Morgan fingerprint density at radius 3 is 2.18 bits per heavy atom. The number of hydrogen-bond donors (Lipinski definition) is 1. The molecule has 7 heteroatoms. The van der Waals surface area contributed by atoms with Gasteiger partial charge in [-0.15, -0.1) is 0 Å². The number of morpholine rings is 1. The van der Waals surface area contributed by atoms with Crippen molar-refractivity contribution in [3.8, 4) is 0 Å². The molecule has 2 aliphatic rings. The average molecular weight is 448 g/mol. The fourth-order valence-corrected chi connectivity index (χ4v) is 4.63. The first kappa shape index (κ1) is 22.7. The van der Waals surface area contributed by atoms with E-state index in [0.717, 1.165) is 11.1 Å². The molecule has 0 radical (unpaired) electrons. The molecule has 0 aliphatic carbocycles. The number of anilines is 2. The lowest BCUT2D eigenvalue weighted by Crippen LogP contribution is -2.47. The van der Waals surface area contributed by atoms with Gasteiger partial charge in [0, 0.05) is 25.7 Å². The van der Waals surface area contributed by atoms with Crippen LogP contribution in [0.2, 0.25) is 0 Å². The molecule has 1 N–H and O–H groups in total. The van der Waals surface area contributed by atoms with Crippen molar-refractivity contribution in [1.82, 2.24) is 4.90 Å². The standard InChI is InChI=1S/C26H29N3O4/c1-15-6-11-22(16(2)12-15)29-25(31)23(20-7-9-21(10-8-20)27-19(5)30)24(26(29)32)28-13-17(3)33-18(4)14-28/h6-12,17-18H,13-14H2,1-5H3,(H,27,30). The van der Waals surface area contributed by atoms with E-state index in [0.29, 0.717) is 41.3 Å². The first-order valence-electron chi connectivity index (χ1n) is 11.1. The zero-order valence-corrected chi connectivity index (χ0v) is 19.6. The number of carbonyl (C=O) groups is 3. The van der Waals surface area contributed by atoms with E-state index in [-0.39, 0.29) is 29.9 Å². The third kappa shape index (κ3) is 4.41. The number of ether oxygens (including phenoxy) is 1. The molecule has 3 amide bonds. The van der Waals surface area contributed by atoms with Crippen LogP contribution in [0.25, 0.3) is 5.57 Å². The smallest absolute Gasteiger partial charge is 0.282 e. The van der Waals surface area contributed by atoms with Crippen LogP contribution >= 0.6 is 0 Å². The summed E-state index contributed by atoms with van der Waals surface area (Å²) in [5.74, 6) is -0.845. The van der Waals surface area contributed by atoms with Crippen molar-refractivity contribution >= 4 is 34.7 Å². The van der Waals surface area contributed by atoms with Gasteiger partial charge >= 0.3 is 0 Å². The average Bonchev–Trinajstić information content (AvgIpc) is 2.98. The van der Waals surface area contributed by atoms with E-state index in [4.69, 9.17) is 4.74 Å². The zero-order valence-electron chi connectivity index (χ0n) is 19.6. The van der Waals surface area contributed by atoms with E-state index in [9.17, 15) is 14.4 Å². The maximum atomic E-state index is 13.8.